The summed E-state index contributed by atoms with van der Waals surface area (Å²) in [4.78, 5) is 36.0. The minimum absolute atomic E-state index is 0.0658. The highest BCUT2D eigenvalue weighted by atomic mass is 16.5. The van der Waals surface area contributed by atoms with Crippen LogP contribution in [0.25, 0.3) is 5.69 Å². The summed E-state index contributed by atoms with van der Waals surface area (Å²) in [6.45, 7) is 3.50. The van der Waals surface area contributed by atoms with Gasteiger partial charge in [-0.15, -0.1) is 0 Å². The number of aryl methyl sites for hydroxylation is 1. The Hall–Kier alpha value is -3.16. The molecule has 3 rings (SSSR count). The lowest BCUT2D eigenvalue weighted by atomic mass is 9.86. The number of nitrogens with zero attached hydrogens (tertiary/aromatic N) is 2. The number of benzene rings is 1. The Bertz CT molecular complexity index is 875. The molecule has 1 aromatic heterocycles. The molecule has 0 spiro atoms. The second-order valence-corrected chi connectivity index (χ2v) is 7.40. The summed E-state index contributed by atoms with van der Waals surface area (Å²) >= 11 is 0. The highest BCUT2D eigenvalue weighted by Crippen LogP contribution is 2.23. The molecule has 0 aliphatic heterocycles. The smallest absolute Gasteiger partial charge is 0.338 e. The lowest BCUT2D eigenvalue weighted by molar-refractivity contribution is -0.123. The summed E-state index contributed by atoms with van der Waals surface area (Å²) < 4.78 is 6.75. The minimum Gasteiger partial charge on any atom is -0.452 e. The Balaban J connectivity index is 1.45. The Labute approximate surface area is 169 Å². The molecule has 1 aliphatic rings. The summed E-state index contributed by atoms with van der Waals surface area (Å²) in [6.07, 6.45) is 5.90. The van der Waals surface area contributed by atoms with Crippen molar-refractivity contribution < 1.29 is 19.1 Å². The van der Waals surface area contributed by atoms with Crippen LogP contribution in [0.5, 0.6) is 0 Å². The number of nitrogens with one attached hydrogen (secondary N) is 2. The van der Waals surface area contributed by atoms with E-state index in [1.807, 2.05) is 13.0 Å². The minimum atomic E-state index is -0.664. The molecule has 8 heteroatoms. The number of carbonyl (C=O) groups is 3. The van der Waals surface area contributed by atoms with Gasteiger partial charge in [0.05, 0.1) is 11.3 Å². The summed E-state index contributed by atoms with van der Waals surface area (Å²) in [5.41, 5.74) is 2.10. The predicted octanol–water partition coefficient (Wildman–Crippen LogP) is 2.74. The Morgan fingerprint density at radius 1 is 1.14 bits per heavy atom. The monoisotopic (exact) mass is 398 g/mol. The molecule has 0 radical (unpaired) electrons. The maximum atomic E-state index is 12.1. The van der Waals surface area contributed by atoms with E-state index in [2.05, 4.69) is 22.7 Å². The van der Waals surface area contributed by atoms with Gasteiger partial charge in [-0.25, -0.2) is 14.3 Å². The van der Waals surface area contributed by atoms with E-state index in [1.54, 1.807) is 35.1 Å². The van der Waals surface area contributed by atoms with E-state index in [1.165, 1.54) is 6.42 Å². The molecule has 2 aromatic rings. The van der Waals surface area contributed by atoms with Gasteiger partial charge in [-0.1, -0.05) is 19.8 Å². The third-order valence-corrected chi connectivity index (χ3v) is 5.19. The molecule has 1 saturated carbocycles. The van der Waals surface area contributed by atoms with Crippen molar-refractivity contribution in [1.82, 2.24) is 20.4 Å². The highest BCUT2D eigenvalue weighted by molar-refractivity contribution is 5.97. The van der Waals surface area contributed by atoms with Crippen molar-refractivity contribution in [3.63, 3.8) is 0 Å². The van der Waals surface area contributed by atoms with E-state index >= 15 is 0 Å². The highest BCUT2D eigenvalue weighted by Gasteiger charge is 2.23. The molecular weight excluding hydrogens is 372 g/mol. The van der Waals surface area contributed by atoms with Crippen LogP contribution < -0.4 is 10.6 Å². The number of ether oxygens (including phenoxy) is 1. The lowest BCUT2D eigenvalue weighted by Crippen LogP contribution is -2.48. The summed E-state index contributed by atoms with van der Waals surface area (Å²) in [5, 5.41) is 9.24. The fraction of sp³-hybridized carbons (Fsp3) is 0.429. The SMILES string of the molecule is Cc1ccnn1-c1ccc(C(=O)OCC(=O)NC(=O)N[C@H]2CCCC[C@@H]2C)cc1. The number of urea groups is 1. The van der Waals surface area contributed by atoms with Gasteiger partial charge in [0.2, 0.25) is 0 Å². The molecule has 29 heavy (non-hydrogen) atoms. The third-order valence-electron chi connectivity index (χ3n) is 5.19. The summed E-state index contributed by atoms with van der Waals surface area (Å²) in [5.74, 6) is -0.913. The fourth-order valence-corrected chi connectivity index (χ4v) is 3.49. The van der Waals surface area contributed by atoms with Crippen LogP contribution in [0, 0.1) is 12.8 Å². The number of imide groups is 1. The van der Waals surface area contributed by atoms with Gasteiger partial charge in [0.15, 0.2) is 6.61 Å². The molecule has 0 unspecified atom stereocenters. The van der Waals surface area contributed by atoms with E-state index in [0.717, 1.165) is 30.6 Å². The predicted molar refractivity (Wildman–Crippen MR) is 107 cm³/mol. The van der Waals surface area contributed by atoms with Crippen molar-refractivity contribution in [1.29, 1.82) is 0 Å². The Kier molecular flexibility index (Phi) is 6.64. The number of amides is 3. The number of hydrogen-bond donors (Lipinski definition) is 2. The Morgan fingerprint density at radius 3 is 2.52 bits per heavy atom. The molecule has 0 bridgehead atoms. The first-order valence-electron chi connectivity index (χ1n) is 9.82. The van der Waals surface area contributed by atoms with Gasteiger partial charge in [-0.05, 0) is 56.0 Å². The number of carbonyl (C=O) groups excluding carboxylic acids is 3. The van der Waals surface area contributed by atoms with Gasteiger partial charge >= 0.3 is 12.0 Å². The van der Waals surface area contributed by atoms with Crippen LogP contribution in [0.15, 0.2) is 36.5 Å². The maximum absolute atomic E-state index is 12.1. The van der Waals surface area contributed by atoms with Crippen LogP contribution in [0.4, 0.5) is 4.79 Å². The standard InChI is InChI=1S/C21H26N4O4/c1-14-5-3-4-6-18(14)23-21(28)24-19(26)13-29-20(27)16-7-9-17(10-8-16)25-15(2)11-12-22-25/h7-12,14,18H,3-6,13H2,1-2H3,(H2,23,24,26,28)/t14-,18-/m0/s1. The molecular formula is C21H26N4O4. The normalized spacial score (nSPS) is 18.7. The first-order valence-corrected chi connectivity index (χ1v) is 9.82. The van der Waals surface area contributed by atoms with Crippen LogP contribution in [-0.4, -0.2) is 40.3 Å². The molecule has 2 N–H and O–H groups in total. The van der Waals surface area contributed by atoms with E-state index in [4.69, 9.17) is 4.74 Å². The number of esters is 1. The molecule has 1 aromatic carbocycles. The number of hydrogen-bond acceptors (Lipinski definition) is 5. The van der Waals surface area contributed by atoms with Gasteiger partial charge in [0.25, 0.3) is 5.91 Å². The molecule has 1 aliphatic carbocycles. The average Bonchev–Trinajstić information content (AvgIpc) is 3.14. The first-order chi connectivity index (χ1) is 13.9. The van der Waals surface area contributed by atoms with Crippen molar-refractivity contribution in [3.05, 3.63) is 47.8 Å². The molecule has 0 saturated heterocycles. The van der Waals surface area contributed by atoms with Crippen molar-refractivity contribution in [2.45, 2.75) is 45.6 Å². The van der Waals surface area contributed by atoms with Crippen LogP contribution in [0.3, 0.4) is 0 Å². The molecule has 1 heterocycles. The number of aromatic nitrogens is 2. The van der Waals surface area contributed by atoms with Crippen molar-refractivity contribution in [2.75, 3.05) is 6.61 Å². The molecule has 154 valence electrons. The van der Waals surface area contributed by atoms with E-state index in [-0.39, 0.29) is 6.04 Å². The molecule has 2 atom stereocenters. The van der Waals surface area contributed by atoms with Gasteiger partial charge in [-0.3, -0.25) is 10.1 Å². The zero-order valence-corrected chi connectivity index (χ0v) is 16.7. The van der Waals surface area contributed by atoms with Crippen molar-refractivity contribution >= 4 is 17.9 Å². The third kappa shape index (κ3) is 5.43. The maximum Gasteiger partial charge on any atom is 0.338 e. The fourth-order valence-electron chi connectivity index (χ4n) is 3.49. The van der Waals surface area contributed by atoms with E-state index in [9.17, 15) is 14.4 Å². The topological polar surface area (TPSA) is 102 Å². The first kappa shape index (κ1) is 20.6. The zero-order valence-electron chi connectivity index (χ0n) is 16.7. The second kappa shape index (κ2) is 9.36. The number of rotatable bonds is 5. The zero-order chi connectivity index (χ0) is 20.8. The van der Waals surface area contributed by atoms with Gasteiger partial charge in [-0.2, -0.15) is 5.10 Å². The summed E-state index contributed by atoms with van der Waals surface area (Å²) in [6, 6.07) is 8.10. The Morgan fingerprint density at radius 2 is 1.86 bits per heavy atom. The van der Waals surface area contributed by atoms with Crippen molar-refractivity contribution in [2.24, 2.45) is 5.92 Å². The molecule has 8 nitrogen and oxygen atoms in total. The average molecular weight is 398 g/mol. The van der Waals surface area contributed by atoms with Gasteiger partial charge in [0.1, 0.15) is 0 Å². The van der Waals surface area contributed by atoms with Crippen molar-refractivity contribution in [3.8, 4) is 5.69 Å². The molecule has 3 amide bonds. The van der Waals surface area contributed by atoms with Crippen LogP contribution in [-0.2, 0) is 9.53 Å². The van der Waals surface area contributed by atoms with Gasteiger partial charge < -0.3 is 10.1 Å². The second-order valence-electron chi connectivity index (χ2n) is 7.40. The van der Waals surface area contributed by atoms with Crippen LogP contribution in [0.1, 0.15) is 48.7 Å². The summed E-state index contributed by atoms with van der Waals surface area (Å²) in [7, 11) is 0. The van der Waals surface area contributed by atoms with Crippen LogP contribution in [0.2, 0.25) is 0 Å². The van der Waals surface area contributed by atoms with Gasteiger partial charge in [0, 0.05) is 17.9 Å². The van der Waals surface area contributed by atoms with Crippen LogP contribution >= 0.6 is 0 Å². The largest absolute Gasteiger partial charge is 0.452 e. The molecule has 1 fully saturated rings. The van der Waals surface area contributed by atoms with E-state index < -0.39 is 24.5 Å². The quantitative estimate of drug-likeness (QED) is 0.754. The van der Waals surface area contributed by atoms with E-state index in [0.29, 0.717) is 11.5 Å². The lowest BCUT2D eigenvalue weighted by Gasteiger charge is -2.29.